The Kier molecular flexibility index (Phi) is 19.2. The molecule has 6 N–H and O–H groups in total. The standard InChI is InChI=1S/C5H11N.2H3N/c1-4-5-6(2)3;;/h4H,1,5H2,2-3H3;2*1H3. The van der Waals surface area contributed by atoms with Crippen LogP contribution in [0.2, 0.25) is 0 Å². The van der Waals surface area contributed by atoms with Crippen LogP contribution < -0.4 is 12.3 Å². The fraction of sp³-hybridized carbons (Fsp3) is 0.600. The van der Waals surface area contributed by atoms with Gasteiger partial charge in [-0.1, -0.05) is 6.08 Å². The molecule has 3 heteroatoms. The normalized spacial score (nSPS) is 6.88. The summed E-state index contributed by atoms with van der Waals surface area (Å²) in [4.78, 5) is 2.06. The molecule has 0 aliphatic carbocycles. The minimum Gasteiger partial charge on any atom is -0.344 e. The first-order valence-corrected chi connectivity index (χ1v) is 2.03. The van der Waals surface area contributed by atoms with Crippen LogP contribution in [0.4, 0.5) is 0 Å². The van der Waals surface area contributed by atoms with E-state index < -0.39 is 0 Å². The van der Waals surface area contributed by atoms with E-state index >= 15 is 0 Å². The second-order valence-corrected chi connectivity index (χ2v) is 1.55. The smallest absolute Gasteiger partial charge is 0.0154 e. The predicted octanol–water partition coefficient (Wildman–Crippen LogP) is 1.06. The van der Waals surface area contributed by atoms with Crippen LogP contribution in [-0.2, 0) is 0 Å². The van der Waals surface area contributed by atoms with Crippen LogP contribution in [0.15, 0.2) is 12.7 Å². The summed E-state index contributed by atoms with van der Waals surface area (Å²) in [5, 5.41) is 0. The van der Waals surface area contributed by atoms with Crippen LogP contribution in [0.25, 0.3) is 0 Å². The lowest BCUT2D eigenvalue weighted by Gasteiger charge is -2.01. The summed E-state index contributed by atoms with van der Waals surface area (Å²) >= 11 is 0. The monoisotopic (exact) mass is 119 g/mol. The van der Waals surface area contributed by atoms with Gasteiger partial charge in [-0.3, -0.25) is 0 Å². The third kappa shape index (κ3) is 17.5. The van der Waals surface area contributed by atoms with Gasteiger partial charge in [-0.25, -0.2) is 0 Å². The fourth-order valence-corrected chi connectivity index (χ4v) is 0.258. The van der Waals surface area contributed by atoms with Crippen molar-refractivity contribution in [2.75, 3.05) is 20.6 Å². The number of hydrogen-bond acceptors (Lipinski definition) is 3. The van der Waals surface area contributed by atoms with E-state index in [0.717, 1.165) is 6.54 Å². The van der Waals surface area contributed by atoms with Crippen molar-refractivity contribution in [3.05, 3.63) is 12.7 Å². The summed E-state index contributed by atoms with van der Waals surface area (Å²) < 4.78 is 0. The Morgan fingerprint density at radius 1 is 1.38 bits per heavy atom. The quantitative estimate of drug-likeness (QED) is 0.534. The number of hydrogen-bond donors (Lipinski definition) is 2. The Hall–Kier alpha value is -0.380. The average Bonchev–Trinajstić information content (AvgIpc) is 1.35. The summed E-state index contributed by atoms with van der Waals surface area (Å²) in [5.74, 6) is 0. The van der Waals surface area contributed by atoms with Crippen molar-refractivity contribution in [1.29, 1.82) is 0 Å². The van der Waals surface area contributed by atoms with Gasteiger partial charge < -0.3 is 17.2 Å². The summed E-state index contributed by atoms with van der Waals surface area (Å²) in [7, 11) is 4.03. The maximum Gasteiger partial charge on any atom is 0.0154 e. The van der Waals surface area contributed by atoms with E-state index in [0.29, 0.717) is 0 Å². The van der Waals surface area contributed by atoms with Crippen LogP contribution in [0, 0.1) is 0 Å². The largest absolute Gasteiger partial charge is 0.344 e. The van der Waals surface area contributed by atoms with Crippen molar-refractivity contribution in [2.24, 2.45) is 0 Å². The lowest BCUT2D eigenvalue weighted by molar-refractivity contribution is 0.457. The second-order valence-electron chi connectivity index (χ2n) is 1.55. The Morgan fingerprint density at radius 2 is 1.75 bits per heavy atom. The van der Waals surface area contributed by atoms with Gasteiger partial charge in [0.1, 0.15) is 0 Å². The molecule has 0 saturated carbocycles. The van der Waals surface area contributed by atoms with Gasteiger partial charge in [0.2, 0.25) is 0 Å². The van der Waals surface area contributed by atoms with Gasteiger partial charge in [-0.15, -0.1) is 6.58 Å². The first kappa shape index (κ1) is 15.6. The van der Waals surface area contributed by atoms with Crippen LogP contribution in [-0.4, -0.2) is 25.5 Å². The van der Waals surface area contributed by atoms with E-state index in [9.17, 15) is 0 Å². The third-order valence-corrected chi connectivity index (χ3v) is 0.494. The number of nitrogens with zero attached hydrogens (tertiary/aromatic N) is 1. The van der Waals surface area contributed by atoms with Crippen LogP contribution in [0.3, 0.4) is 0 Å². The highest BCUT2D eigenvalue weighted by Gasteiger charge is 1.75. The third-order valence-electron chi connectivity index (χ3n) is 0.494. The summed E-state index contributed by atoms with van der Waals surface area (Å²) in [6, 6.07) is 0. The first-order chi connectivity index (χ1) is 2.77. The first-order valence-electron chi connectivity index (χ1n) is 2.03. The average molecular weight is 119 g/mol. The summed E-state index contributed by atoms with van der Waals surface area (Å²) in [6.45, 7) is 4.53. The van der Waals surface area contributed by atoms with Gasteiger partial charge in [-0.05, 0) is 14.1 Å². The molecule has 0 spiro atoms. The SMILES string of the molecule is C=CCN(C)C.N.N. The number of rotatable bonds is 2. The van der Waals surface area contributed by atoms with Gasteiger partial charge in [0.15, 0.2) is 0 Å². The zero-order chi connectivity index (χ0) is 4.99. The van der Waals surface area contributed by atoms with Crippen molar-refractivity contribution in [3.63, 3.8) is 0 Å². The molecule has 0 aliphatic rings. The topological polar surface area (TPSA) is 73.2 Å². The Labute approximate surface area is 51.5 Å². The molecule has 0 aliphatic heterocycles. The van der Waals surface area contributed by atoms with E-state index in [4.69, 9.17) is 0 Å². The zero-order valence-electron chi connectivity index (χ0n) is 5.85. The van der Waals surface area contributed by atoms with Gasteiger partial charge in [0.05, 0.1) is 0 Å². The summed E-state index contributed by atoms with van der Waals surface area (Å²) in [5.41, 5.74) is 0. The van der Waals surface area contributed by atoms with Gasteiger partial charge in [0, 0.05) is 6.54 Å². The maximum atomic E-state index is 3.56. The molecule has 0 aromatic heterocycles. The van der Waals surface area contributed by atoms with Crippen molar-refractivity contribution >= 4 is 0 Å². The number of likely N-dealkylation sites (N-methyl/N-ethyl adjacent to an activating group) is 1. The molecular weight excluding hydrogens is 102 g/mol. The van der Waals surface area contributed by atoms with Gasteiger partial charge >= 0.3 is 0 Å². The fourth-order valence-electron chi connectivity index (χ4n) is 0.258. The zero-order valence-corrected chi connectivity index (χ0v) is 5.85. The Balaban J connectivity index is -0.000000125. The highest BCUT2D eigenvalue weighted by molar-refractivity contribution is 4.68. The molecule has 0 fully saturated rings. The van der Waals surface area contributed by atoms with E-state index in [2.05, 4.69) is 11.5 Å². The second kappa shape index (κ2) is 9.80. The minimum atomic E-state index is 0. The molecule has 0 unspecified atom stereocenters. The van der Waals surface area contributed by atoms with Crippen LogP contribution >= 0.6 is 0 Å². The van der Waals surface area contributed by atoms with E-state index in [-0.39, 0.29) is 12.3 Å². The van der Waals surface area contributed by atoms with Crippen molar-refractivity contribution in [2.45, 2.75) is 0 Å². The molecule has 8 heavy (non-hydrogen) atoms. The van der Waals surface area contributed by atoms with Crippen molar-refractivity contribution < 1.29 is 0 Å². The molecule has 0 heterocycles. The van der Waals surface area contributed by atoms with Crippen LogP contribution in [0.5, 0.6) is 0 Å². The van der Waals surface area contributed by atoms with Crippen LogP contribution in [0.1, 0.15) is 0 Å². The van der Waals surface area contributed by atoms with Gasteiger partial charge in [-0.2, -0.15) is 0 Å². The molecule has 0 bridgehead atoms. The van der Waals surface area contributed by atoms with Crippen molar-refractivity contribution in [1.82, 2.24) is 17.2 Å². The van der Waals surface area contributed by atoms with Gasteiger partial charge in [0.25, 0.3) is 0 Å². The highest BCUT2D eigenvalue weighted by atomic mass is 15.0. The molecule has 0 radical (unpaired) electrons. The maximum absolute atomic E-state index is 3.56. The molecule has 0 rings (SSSR count). The lowest BCUT2D eigenvalue weighted by atomic mass is 10.6. The van der Waals surface area contributed by atoms with E-state index in [1.54, 1.807) is 0 Å². The molecule has 0 amide bonds. The highest BCUT2D eigenvalue weighted by Crippen LogP contribution is 1.69. The molecule has 52 valence electrons. The minimum absolute atomic E-state index is 0. The Morgan fingerprint density at radius 3 is 1.75 bits per heavy atom. The summed E-state index contributed by atoms with van der Waals surface area (Å²) in [6.07, 6.45) is 1.88. The predicted molar refractivity (Wildman–Crippen MR) is 38.8 cm³/mol. The molecule has 0 atom stereocenters. The van der Waals surface area contributed by atoms with E-state index in [1.807, 2.05) is 20.2 Å². The lowest BCUT2D eigenvalue weighted by Crippen LogP contribution is -2.09. The molecule has 0 aromatic rings. The molecule has 3 nitrogen and oxygen atoms in total. The van der Waals surface area contributed by atoms with Crippen molar-refractivity contribution in [3.8, 4) is 0 Å². The molecular formula is C5H17N3. The molecule has 0 saturated heterocycles. The Bertz CT molecular complexity index is 42.9. The van der Waals surface area contributed by atoms with E-state index in [1.165, 1.54) is 0 Å². The molecule has 0 aromatic carbocycles.